The molecule has 8 heteroatoms. The summed E-state index contributed by atoms with van der Waals surface area (Å²) >= 11 is 1.24. The molecule has 1 saturated heterocycles. The molecule has 6 nitrogen and oxygen atoms in total. The van der Waals surface area contributed by atoms with Gasteiger partial charge in [-0.15, -0.1) is 11.3 Å². The standard InChI is InChI=1S/C20H27N3O3S2/c1-2-17(18-7-4-3-5-8-18)15-21-19(24)16-22-10-12-23(13-11-22)28(25,26)20-9-6-14-27-20/h3-9,14,17H,2,10-13,15-16H2,1H3,(H,21,24)/p+1/t17-/m0/s1. The number of hydrogen-bond donors (Lipinski definition) is 2. The molecule has 1 atom stereocenters. The van der Waals surface area contributed by atoms with Crippen LogP contribution in [0.25, 0.3) is 0 Å². The fraction of sp³-hybridized carbons (Fsp3) is 0.450. The van der Waals surface area contributed by atoms with Crippen LogP contribution in [0.15, 0.2) is 52.1 Å². The summed E-state index contributed by atoms with van der Waals surface area (Å²) < 4.78 is 27.1. The van der Waals surface area contributed by atoms with E-state index in [2.05, 4.69) is 24.4 Å². The Balaban J connectivity index is 1.45. The molecule has 0 bridgehead atoms. The van der Waals surface area contributed by atoms with Crippen LogP contribution in [0.4, 0.5) is 0 Å². The first-order valence-electron chi connectivity index (χ1n) is 9.69. The van der Waals surface area contributed by atoms with Gasteiger partial charge in [0.05, 0.1) is 26.2 Å². The first-order chi connectivity index (χ1) is 13.5. The van der Waals surface area contributed by atoms with Crippen LogP contribution in [0.1, 0.15) is 24.8 Å². The lowest BCUT2D eigenvalue weighted by atomic mass is 9.96. The SMILES string of the molecule is CC[C@@H](CNC(=O)C[NH+]1CCN(S(=O)(=O)c2cccs2)CC1)c1ccccc1. The van der Waals surface area contributed by atoms with E-state index in [-0.39, 0.29) is 5.91 Å². The van der Waals surface area contributed by atoms with E-state index in [1.54, 1.807) is 17.5 Å². The van der Waals surface area contributed by atoms with Gasteiger partial charge in [0.15, 0.2) is 6.54 Å². The van der Waals surface area contributed by atoms with E-state index in [9.17, 15) is 13.2 Å². The van der Waals surface area contributed by atoms with Crippen molar-refractivity contribution in [1.82, 2.24) is 9.62 Å². The van der Waals surface area contributed by atoms with Gasteiger partial charge in [0.2, 0.25) is 0 Å². The lowest BCUT2D eigenvalue weighted by Crippen LogP contribution is -3.15. The number of amides is 1. The lowest BCUT2D eigenvalue weighted by molar-refractivity contribution is -0.895. The molecule has 1 aromatic carbocycles. The predicted molar refractivity (Wildman–Crippen MR) is 111 cm³/mol. The quantitative estimate of drug-likeness (QED) is 0.665. The molecule has 0 aliphatic carbocycles. The van der Waals surface area contributed by atoms with Crippen LogP contribution in [0, 0.1) is 0 Å². The maximum atomic E-state index is 12.6. The molecule has 0 unspecified atom stereocenters. The minimum absolute atomic E-state index is 0.0268. The molecular weight excluding hydrogens is 394 g/mol. The van der Waals surface area contributed by atoms with Crippen LogP contribution in [0.5, 0.6) is 0 Å². The fourth-order valence-electron chi connectivity index (χ4n) is 3.51. The topological polar surface area (TPSA) is 70.9 Å². The first-order valence-corrected chi connectivity index (χ1v) is 12.0. The zero-order valence-electron chi connectivity index (χ0n) is 16.1. The Labute approximate surface area is 171 Å². The van der Waals surface area contributed by atoms with Crippen molar-refractivity contribution in [3.63, 3.8) is 0 Å². The highest BCUT2D eigenvalue weighted by Crippen LogP contribution is 2.20. The average molecular weight is 423 g/mol. The number of hydrogen-bond acceptors (Lipinski definition) is 4. The summed E-state index contributed by atoms with van der Waals surface area (Å²) in [5.41, 5.74) is 1.24. The third-order valence-corrected chi connectivity index (χ3v) is 8.51. The Morgan fingerprint density at radius 3 is 2.50 bits per heavy atom. The molecule has 1 aromatic heterocycles. The molecule has 3 rings (SSSR count). The smallest absolute Gasteiger partial charge is 0.275 e. The van der Waals surface area contributed by atoms with E-state index >= 15 is 0 Å². The van der Waals surface area contributed by atoms with Crippen molar-refractivity contribution < 1.29 is 18.1 Å². The summed E-state index contributed by atoms with van der Waals surface area (Å²) in [4.78, 5) is 13.5. The number of piperazine rings is 1. The number of quaternary nitrogens is 1. The Morgan fingerprint density at radius 2 is 1.89 bits per heavy atom. The summed E-state index contributed by atoms with van der Waals surface area (Å²) in [6.07, 6.45) is 0.969. The lowest BCUT2D eigenvalue weighted by Gasteiger charge is -2.30. The van der Waals surface area contributed by atoms with Crippen molar-refractivity contribution in [1.29, 1.82) is 0 Å². The largest absolute Gasteiger partial charge is 0.351 e. The van der Waals surface area contributed by atoms with Gasteiger partial charge in [0.1, 0.15) is 4.21 Å². The van der Waals surface area contributed by atoms with Gasteiger partial charge < -0.3 is 10.2 Å². The third kappa shape index (κ3) is 5.20. The second-order valence-electron chi connectivity index (χ2n) is 7.08. The summed E-state index contributed by atoms with van der Waals surface area (Å²) in [6, 6.07) is 13.6. The highest BCUT2D eigenvalue weighted by atomic mass is 32.2. The predicted octanol–water partition coefficient (Wildman–Crippen LogP) is 0.947. The molecule has 1 fully saturated rings. The zero-order chi connectivity index (χ0) is 20.0. The van der Waals surface area contributed by atoms with Crippen LogP contribution in [0.3, 0.4) is 0 Å². The molecule has 2 N–H and O–H groups in total. The van der Waals surface area contributed by atoms with Crippen LogP contribution in [0.2, 0.25) is 0 Å². The van der Waals surface area contributed by atoms with Gasteiger partial charge in [-0.25, -0.2) is 8.42 Å². The minimum Gasteiger partial charge on any atom is -0.351 e. The second-order valence-corrected chi connectivity index (χ2v) is 10.2. The van der Waals surface area contributed by atoms with Crippen molar-refractivity contribution in [3.05, 3.63) is 53.4 Å². The van der Waals surface area contributed by atoms with Crippen molar-refractivity contribution in [2.45, 2.75) is 23.5 Å². The van der Waals surface area contributed by atoms with Gasteiger partial charge in [-0.3, -0.25) is 4.79 Å². The van der Waals surface area contributed by atoms with Gasteiger partial charge in [0.25, 0.3) is 15.9 Å². The maximum absolute atomic E-state index is 12.6. The average Bonchev–Trinajstić information content (AvgIpc) is 3.25. The maximum Gasteiger partial charge on any atom is 0.275 e. The van der Waals surface area contributed by atoms with E-state index in [1.165, 1.54) is 21.2 Å². The number of carbonyl (C=O) groups is 1. The van der Waals surface area contributed by atoms with Crippen LogP contribution in [-0.4, -0.2) is 57.9 Å². The number of thiophene rings is 1. The minimum atomic E-state index is -3.39. The second kappa shape index (κ2) is 9.65. The normalized spacial score (nSPS) is 17.3. The van der Waals surface area contributed by atoms with E-state index in [0.29, 0.717) is 49.4 Å². The van der Waals surface area contributed by atoms with Crippen molar-refractivity contribution in [3.8, 4) is 0 Å². The van der Waals surface area contributed by atoms with Gasteiger partial charge in [0, 0.05) is 12.5 Å². The number of nitrogens with one attached hydrogen (secondary N) is 2. The zero-order valence-corrected chi connectivity index (χ0v) is 17.8. The third-order valence-electron chi connectivity index (χ3n) is 5.24. The van der Waals surface area contributed by atoms with Gasteiger partial charge >= 0.3 is 0 Å². The Hall–Kier alpha value is -1.74. The molecule has 1 aliphatic heterocycles. The van der Waals surface area contributed by atoms with Crippen molar-refractivity contribution >= 4 is 27.3 Å². The Morgan fingerprint density at radius 1 is 1.18 bits per heavy atom. The highest BCUT2D eigenvalue weighted by molar-refractivity contribution is 7.91. The number of sulfonamides is 1. The Bertz CT molecular complexity index is 846. The van der Waals surface area contributed by atoms with E-state index in [4.69, 9.17) is 0 Å². The van der Waals surface area contributed by atoms with Crippen molar-refractivity contribution in [2.24, 2.45) is 0 Å². The van der Waals surface area contributed by atoms with Crippen molar-refractivity contribution in [2.75, 3.05) is 39.3 Å². The molecule has 1 amide bonds. The van der Waals surface area contributed by atoms with Gasteiger partial charge in [-0.05, 0) is 23.4 Å². The molecule has 152 valence electrons. The van der Waals surface area contributed by atoms with E-state index < -0.39 is 10.0 Å². The van der Waals surface area contributed by atoms with Crippen LogP contribution < -0.4 is 10.2 Å². The van der Waals surface area contributed by atoms with E-state index in [1.807, 2.05) is 18.2 Å². The summed E-state index contributed by atoms with van der Waals surface area (Å²) in [7, 11) is -3.39. The number of nitrogens with zero attached hydrogens (tertiary/aromatic N) is 1. The summed E-state index contributed by atoms with van der Waals surface area (Å²) in [5, 5.41) is 4.83. The number of carbonyl (C=O) groups excluding carboxylic acids is 1. The molecule has 1 aliphatic rings. The molecule has 0 radical (unpaired) electrons. The molecule has 28 heavy (non-hydrogen) atoms. The van der Waals surface area contributed by atoms with Gasteiger partial charge in [-0.1, -0.05) is 43.3 Å². The molecule has 2 aromatic rings. The summed E-state index contributed by atoms with van der Waals surface area (Å²) in [6.45, 7) is 5.34. The molecule has 0 spiro atoms. The highest BCUT2D eigenvalue weighted by Gasteiger charge is 2.31. The molecular formula is C20H28N3O3S2+. The van der Waals surface area contributed by atoms with Crippen LogP contribution >= 0.6 is 11.3 Å². The van der Waals surface area contributed by atoms with Gasteiger partial charge in [-0.2, -0.15) is 4.31 Å². The van der Waals surface area contributed by atoms with E-state index in [0.717, 1.165) is 11.3 Å². The monoisotopic (exact) mass is 422 g/mol. The summed E-state index contributed by atoms with van der Waals surface area (Å²) in [5.74, 6) is 0.340. The fourth-order valence-corrected chi connectivity index (χ4v) is 6.09. The molecule has 0 saturated carbocycles. The number of rotatable bonds is 8. The first kappa shape index (κ1) is 21.0. The van der Waals surface area contributed by atoms with Crippen LogP contribution in [-0.2, 0) is 14.8 Å². The molecule has 2 heterocycles. The number of benzene rings is 1. The Kier molecular flexibility index (Phi) is 7.23.